The van der Waals surface area contributed by atoms with E-state index in [9.17, 15) is 4.79 Å². The molecule has 0 spiro atoms. The lowest BCUT2D eigenvalue weighted by Gasteiger charge is -2.11. The molecule has 0 aliphatic rings. The van der Waals surface area contributed by atoms with Crippen LogP contribution in [0.15, 0.2) is 11.4 Å². The van der Waals surface area contributed by atoms with Gasteiger partial charge in [0.15, 0.2) is 0 Å². The quantitative estimate of drug-likeness (QED) is 0.717. The van der Waals surface area contributed by atoms with Gasteiger partial charge in [0.2, 0.25) is 0 Å². The number of thiophene rings is 1. The highest BCUT2D eigenvalue weighted by molar-refractivity contribution is 7.10. The molecule has 1 aromatic rings. The molecule has 0 bridgehead atoms. The zero-order chi connectivity index (χ0) is 10.6. The lowest BCUT2D eigenvalue weighted by atomic mass is 10.0. The van der Waals surface area contributed by atoms with E-state index >= 15 is 0 Å². The summed E-state index contributed by atoms with van der Waals surface area (Å²) in [5.41, 5.74) is 1.28. The van der Waals surface area contributed by atoms with Gasteiger partial charge in [-0.2, -0.15) is 0 Å². The molecule has 0 N–H and O–H groups in total. The number of ether oxygens (including phenoxy) is 1. The summed E-state index contributed by atoms with van der Waals surface area (Å²) < 4.78 is 4.76. The van der Waals surface area contributed by atoms with Gasteiger partial charge in [-0.05, 0) is 36.8 Å². The second kappa shape index (κ2) is 5.15. The van der Waals surface area contributed by atoms with Crippen LogP contribution in [0, 0.1) is 12.8 Å². The first-order valence-electron chi connectivity index (χ1n) is 4.79. The second-order valence-electron chi connectivity index (χ2n) is 3.36. The van der Waals surface area contributed by atoms with Crippen LogP contribution in [-0.4, -0.2) is 13.1 Å². The van der Waals surface area contributed by atoms with E-state index in [0.29, 0.717) is 0 Å². The van der Waals surface area contributed by atoms with Crippen LogP contribution in [-0.2, 0) is 16.0 Å². The van der Waals surface area contributed by atoms with Crippen molar-refractivity contribution in [3.05, 3.63) is 21.9 Å². The van der Waals surface area contributed by atoms with Gasteiger partial charge in [-0.3, -0.25) is 4.79 Å². The highest BCUT2D eigenvalue weighted by Gasteiger charge is 2.18. The SMILES string of the molecule is CCC(Cc1sccc1C)C(=O)OC. The summed E-state index contributed by atoms with van der Waals surface area (Å²) in [5.74, 6) is -0.0855. The summed E-state index contributed by atoms with van der Waals surface area (Å²) in [5, 5.41) is 2.06. The van der Waals surface area contributed by atoms with Crippen molar-refractivity contribution in [2.45, 2.75) is 26.7 Å². The molecule has 1 aromatic heterocycles. The molecule has 0 aliphatic carbocycles. The molecule has 0 fully saturated rings. The Bertz CT molecular complexity index is 304. The first-order valence-corrected chi connectivity index (χ1v) is 5.67. The maximum absolute atomic E-state index is 11.4. The summed E-state index contributed by atoms with van der Waals surface area (Å²) in [6, 6.07) is 2.09. The highest BCUT2D eigenvalue weighted by atomic mass is 32.1. The van der Waals surface area contributed by atoms with Crippen LogP contribution in [0.4, 0.5) is 0 Å². The molecule has 1 heterocycles. The van der Waals surface area contributed by atoms with Crippen LogP contribution < -0.4 is 0 Å². The van der Waals surface area contributed by atoms with Gasteiger partial charge in [0.25, 0.3) is 0 Å². The van der Waals surface area contributed by atoms with Crippen LogP contribution in [0.3, 0.4) is 0 Å². The molecule has 1 rings (SSSR count). The van der Waals surface area contributed by atoms with Crippen LogP contribution in [0.1, 0.15) is 23.8 Å². The predicted molar refractivity (Wildman–Crippen MR) is 58.6 cm³/mol. The summed E-state index contributed by atoms with van der Waals surface area (Å²) >= 11 is 1.71. The number of esters is 1. The van der Waals surface area contributed by atoms with E-state index in [4.69, 9.17) is 4.74 Å². The topological polar surface area (TPSA) is 26.3 Å². The Morgan fingerprint density at radius 3 is 2.79 bits per heavy atom. The number of carbonyl (C=O) groups excluding carboxylic acids is 1. The highest BCUT2D eigenvalue weighted by Crippen LogP contribution is 2.21. The number of hydrogen-bond acceptors (Lipinski definition) is 3. The minimum Gasteiger partial charge on any atom is -0.469 e. The van der Waals surface area contributed by atoms with Gasteiger partial charge >= 0.3 is 5.97 Å². The van der Waals surface area contributed by atoms with Crippen LogP contribution in [0.5, 0.6) is 0 Å². The molecular formula is C11H16O2S. The van der Waals surface area contributed by atoms with Crippen molar-refractivity contribution in [3.8, 4) is 0 Å². The molecular weight excluding hydrogens is 196 g/mol. The van der Waals surface area contributed by atoms with Crippen molar-refractivity contribution < 1.29 is 9.53 Å². The average Bonchev–Trinajstić information content (AvgIpc) is 2.59. The Labute approximate surface area is 88.9 Å². The van der Waals surface area contributed by atoms with Crippen LogP contribution >= 0.6 is 11.3 Å². The first-order chi connectivity index (χ1) is 6.69. The van der Waals surface area contributed by atoms with Crippen molar-refractivity contribution in [2.24, 2.45) is 5.92 Å². The second-order valence-corrected chi connectivity index (χ2v) is 4.36. The van der Waals surface area contributed by atoms with E-state index in [1.54, 1.807) is 11.3 Å². The van der Waals surface area contributed by atoms with Gasteiger partial charge in [-0.25, -0.2) is 0 Å². The van der Waals surface area contributed by atoms with Crippen molar-refractivity contribution >= 4 is 17.3 Å². The molecule has 1 atom stereocenters. The van der Waals surface area contributed by atoms with Gasteiger partial charge in [0.05, 0.1) is 13.0 Å². The standard InChI is InChI=1S/C11H16O2S/c1-4-9(11(12)13-3)7-10-8(2)5-6-14-10/h5-6,9H,4,7H2,1-3H3. The summed E-state index contributed by atoms with van der Waals surface area (Å²) in [6.07, 6.45) is 1.65. The van der Waals surface area contributed by atoms with E-state index in [-0.39, 0.29) is 11.9 Å². The summed E-state index contributed by atoms with van der Waals surface area (Å²) in [6.45, 7) is 4.10. The smallest absolute Gasteiger partial charge is 0.309 e. The Kier molecular flexibility index (Phi) is 4.14. The number of methoxy groups -OCH3 is 1. The van der Waals surface area contributed by atoms with E-state index in [0.717, 1.165) is 12.8 Å². The lowest BCUT2D eigenvalue weighted by molar-refractivity contribution is -0.145. The predicted octanol–water partition coefficient (Wildman–Crippen LogP) is 2.80. The monoisotopic (exact) mass is 212 g/mol. The van der Waals surface area contributed by atoms with Crippen LogP contribution in [0.25, 0.3) is 0 Å². The van der Waals surface area contributed by atoms with Crippen molar-refractivity contribution in [1.29, 1.82) is 0 Å². The number of hydrogen-bond donors (Lipinski definition) is 0. The Morgan fingerprint density at radius 1 is 1.64 bits per heavy atom. The van der Waals surface area contributed by atoms with Crippen molar-refractivity contribution in [3.63, 3.8) is 0 Å². The maximum atomic E-state index is 11.4. The zero-order valence-corrected chi connectivity index (χ0v) is 9.69. The molecule has 0 aliphatic heterocycles. The summed E-state index contributed by atoms with van der Waals surface area (Å²) in [7, 11) is 1.45. The third-order valence-electron chi connectivity index (χ3n) is 2.43. The van der Waals surface area contributed by atoms with E-state index < -0.39 is 0 Å². The Morgan fingerprint density at radius 2 is 2.36 bits per heavy atom. The van der Waals surface area contributed by atoms with Crippen LogP contribution in [0.2, 0.25) is 0 Å². The molecule has 2 nitrogen and oxygen atoms in total. The van der Waals surface area contributed by atoms with Crippen molar-refractivity contribution in [2.75, 3.05) is 7.11 Å². The molecule has 0 saturated carbocycles. The molecule has 0 aromatic carbocycles. The first kappa shape index (κ1) is 11.2. The van der Waals surface area contributed by atoms with Gasteiger partial charge in [0, 0.05) is 4.88 Å². The Hall–Kier alpha value is -0.830. The third-order valence-corrected chi connectivity index (χ3v) is 3.47. The van der Waals surface area contributed by atoms with Gasteiger partial charge in [-0.1, -0.05) is 6.92 Å². The molecule has 0 amide bonds. The lowest BCUT2D eigenvalue weighted by Crippen LogP contribution is -2.17. The van der Waals surface area contributed by atoms with E-state index in [2.05, 4.69) is 18.4 Å². The Balaban J connectivity index is 2.66. The number of rotatable bonds is 4. The van der Waals surface area contributed by atoms with Gasteiger partial charge < -0.3 is 4.74 Å². The average molecular weight is 212 g/mol. The molecule has 0 radical (unpaired) electrons. The number of carbonyl (C=O) groups is 1. The number of aryl methyl sites for hydroxylation is 1. The molecule has 3 heteroatoms. The fourth-order valence-corrected chi connectivity index (χ4v) is 2.39. The minimum atomic E-state index is -0.0969. The molecule has 1 unspecified atom stereocenters. The third kappa shape index (κ3) is 2.58. The molecule has 0 saturated heterocycles. The largest absolute Gasteiger partial charge is 0.469 e. The minimum absolute atomic E-state index is 0.0114. The molecule has 14 heavy (non-hydrogen) atoms. The maximum Gasteiger partial charge on any atom is 0.309 e. The fraction of sp³-hybridized carbons (Fsp3) is 0.545. The van der Waals surface area contributed by atoms with Gasteiger partial charge in [0.1, 0.15) is 0 Å². The van der Waals surface area contributed by atoms with Gasteiger partial charge in [-0.15, -0.1) is 11.3 Å². The fourth-order valence-electron chi connectivity index (χ4n) is 1.40. The van der Waals surface area contributed by atoms with E-state index in [1.807, 2.05) is 6.92 Å². The normalized spacial score (nSPS) is 12.5. The van der Waals surface area contributed by atoms with Crippen molar-refractivity contribution in [1.82, 2.24) is 0 Å². The zero-order valence-electron chi connectivity index (χ0n) is 8.87. The molecule has 78 valence electrons. The summed E-state index contributed by atoms with van der Waals surface area (Å²) in [4.78, 5) is 12.7. The van der Waals surface area contributed by atoms with E-state index in [1.165, 1.54) is 17.6 Å².